The lowest BCUT2D eigenvalue weighted by Crippen LogP contribution is -2.37. The van der Waals surface area contributed by atoms with Gasteiger partial charge in [0, 0.05) is 19.3 Å². The summed E-state index contributed by atoms with van der Waals surface area (Å²) in [4.78, 5) is 18.0. The summed E-state index contributed by atoms with van der Waals surface area (Å²) >= 11 is 0. The Balaban J connectivity index is 1.85. The lowest BCUT2D eigenvalue weighted by atomic mass is 10.3. The van der Waals surface area contributed by atoms with Crippen LogP contribution < -0.4 is 0 Å². The fourth-order valence-corrected chi connectivity index (χ4v) is 2.39. The van der Waals surface area contributed by atoms with Crippen molar-refractivity contribution in [2.45, 2.75) is 26.1 Å². The van der Waals surface area contributed by atoms with Gasteiger partial charge in [-0.2, -0.15) is 5.10 Å². The van der Waals surface area contributed by atoms with Crippen molar-refractivity contribution in [2.24, 2.45) is 0 Å². The predicted octanol–water partition coefficient (Wildman–Crippen LogP) is 0.932. The van der Waals surface area contributed by atoms with Gasteiger partial charge in [0.15, 0.2) is 12.1 Å². The van der Waals surface area contributed by atoms with E-state index >= 15 is 0 Å². The van der Waals surface area contributed by atoms with Crippen LogP contribution >= 0.6 is 0 Å². The van der Waals surface area contributed by atoms with E-state index in [0.29, 0.717) is 31.9 Å². The highest BCUT2D eigenvalue weighted by Gasteiger charge is 2.27. The summed E-state index contributed by atoms with van der Waals surface area (Å²) < 4.78 is 12.5. The lowest BCUT2D eigenvalue weighted by molar-refractivity contribution is 0.0243. The maximum Gasteiger partial charge on any atom is 0.276 e. The Bertz CT molecular complexity index is 578. The van der Waals surface area contributed by atoms with Crippen molar-refractivity contribution in [1.29, 1.82) is 0 Å². The standard InChI is InChI=1S/C13H16N4O3/c1-2-20-11-6-16(13(18)12-8-19-9-14-12)5-10-3-4-15-17(10)7-11/h3-4,8-9,11H,2,5-7H2,1H3/t11-/m0/s1. The molecule has 0 spiro atoms. The molecule has 3 rings (SSSR count). The summed E-state index contributed by atoms with van der Waals surface area (Å²) in [6.07, 6.45) is 4.29. The molecule has 1 aliphatic rings. The Morgan fingerprint density at radius 3 is 3.20 bits per heavy atom. The fraction of sp³-hybridized carbons (Fsp3) is 0.462. The Labute approximate surface area is 116 Å². The van der Waals surface area contributed by atoms with E-state index in [4.69, 9.17) is 9.15 Å². The van der Waals surface area contributed by atoms with E-state index in [1.54, 1.807) is 11.1 Å². The van der Waals surface area contributed by atoms with Gasteiger partial charge < -0.3 is 14.1 Å². The van der Waals surface area contributed by atoms with Gasteiger partial charge in [-0.25, -0.2) is 4.98 Å². The summed E-state index contributed by atoms with van der Waals surface area (Å²) in [5, 5.41) is 4.27. The molecule has 20 heavy (non-hydrogen) atoms. The van der Waals surface area contributed by atoms with Crippen LogP contribution in [-0.2, 0) is 17.8 Å². The zero-order valence-electron chi connectivity index (χ0n) is 11.2. The van der Waals surface area contributed by atoms with Crippen LogP contribution in [0.5, 0.6) is 0 Å². The number of amides is 1. The number of hydrogen-bond acceptors (Lipinski definition) is 5. The number of carbonyl (C=O) groups is 1. The molecule has 0 aliphatic carbocycles. The van der Waals surface area contributed by atoms with Gasteiger partial charge in [-0.15, -0.1) is 0 Å². The molecule has 2 aromatic rings. The molecule has 0 unspecified atom stereocenters. The molecular weight excluding hydrogens is 260 g/mol. The highest BCUT2D eigenvalue weighted by Crippen LogP contribution is 2.16. The van der Waals surface area contributed by atoms with E-state index < -0.39 is 0 Å². The van der Waals surface area contributed by atoms with Crippen molar-refractivity contribution in [3.8, 4) is 0 Å². The van der Waals surface area contributed by atoms with Gasteiger partial charge >= 0.3 is 0 Å². The molecule has 3 heterocycles. The van der Waals surface area contributed by atoms with Crippen LogP contribution in [-0.4, -0.2) is 44.8 Å². The van der Waals surface area contributed by atoms with E-state index in [1.807, 2.05) is 17.7 Å². The summed E-state index contributed by atoms with van der Waals surface area (Å²) in [6, 6.07) is 1.91. The molecule has 0 saturated heterocycles. The molecule has 1 amide bonds. The Hall–Kier alpha value is -2.15. The summed E-state index contributed by atoms with van der Waals surface area (Å²) in [5.41, 5.74) is 1.30. The van der Waals surface area contributed by atoms with E-state index in [-0.39, 0.29) is 12.0 Å². The first-order chi connectivity index (χ1) is 9.78. The van der Waals surface area contributed by atoms with Gasteiger partial charge in [-0.1, -0.05) is 0 Å². The first-order valence-corrected chi connectivity index (χ1v) is 6.57. The molecule has 0 bridgehead atoms. The Kier molecular flexibility index (Phi) is 3.51. The maximum atomic E-state index is 12.4. The molecular formula is C13H16N4O3. The highest BCUT2D eigenvalue weighted by molar-refractivity contribution is 5.91. The molecule has 1 aliphatic heterocycles. The third-order valence-corrected chi connectivity index (χ3v) is 3.30. The Morgan fingerprint density at radius 2 is 2.45 bits per heavy atom. The lowest BCUT2D eigenvalue weighted by Gasteiger charge is -2.23. The molecule has 0 saturated carbocycles. The number of oxazole rings is 1. The van der Waals surface area contributed by atoms with Crippen molar-refractivity contribution in [1.82, 2.24) is 19.7 Å². The second kappa shape index (κ2) is 5.46. The number of aromatic nitrogens is 3. The second-order valence-corrected chi connectivity index (χ2v) is 4.64. The zero-order valence-corrected chi connectivity index (χ0v) is 11.2. The molecule has 0 fully saturated rings. The average Bonchev–Trinajstić information content (AvgIpc) is 3.07. The van der Waals surface area contributed by atoms with E-state index in [2.05, 4.69) is 10.1 Å². The smallest absolute Gasteiger partial charge is 0.276 e. The number of fused-ring (bicyclic) bond motifs is 1. The van der Waals surface area contributed by atoms with E-state index in [1.165, 1.54) is 12.7 Å². The third kappa shape index (κ3) is 2.44. The van der Waals surface area contributed by atoms with Crippen molar-refractivity contribution in [3.05, 3.63) is 36.3 Å². The van der Waals surface area contributed by atoms with E-state index in [9.17, 15) is 4.79 Å². The molecule has 0 N–H and O–H groups in total. The minimum atomic E-state index is -0.155. The van der Waals surface area contributed by atoms with Crippen LogP contribution in [0.1, 0.15) is 23.1 Å². The number of ether oxygens (including phenoxy) is 1. The number of nitrogens with zero attached hydrogens (tertiary/aromatic N) is 4. The first kappa shape index (κ1) is 12.9. The van der Waals surface area contributed by atoms with Crippen LogP contribution in [0.15, 0.2) is 29.3 Å². The van der Waals surface area contributed by atoms with Gasteiger partial charge in [0.05, 0.1) is 24.9 Å². The third-order valence-electron chi connectivity index (χ3n) is 3.30. The van der Waals surface area contributed by atoms with Gasteiger partial charge in [0.2, 0.25) is 0 Å². The van der Waals surface area contributed by atoms with Crippen molar-refractivity contribution >= 4 is 5.91 Å². The summed E-state index contributed by atoms with van der Waals surface area (Å²) in [7, 11) is 0. The monoisotopic (exact) mass is 276 g/mol. The highest BCUT2D eigenvalue weighted by atomic mass is 16.5. The van der Waals surface area contributed by atoms with Crippen LogP contribution in [0.4, 0.5) is 0 Å². The maximum absolute atomic E-state index is 12.4. The first-order valence-electron chi connectivity index (χ1n) is 6.57. The molecule has 0 aromatic carbocycles. The largest absolute Gasteiger partial charge is 0.451 e. The fourth-order valence-electron chi connectivity index (χ4n) is 2.39. The second-order valence-electron chi connectivity index (χ2n) is 4.64. The summed E-state index contributed by atoms with van der Waals surface area (Å²) in [6.45, 7) is 4.21. The zero-order chi connectivity index (χ0) is 13.9. The topological polar surface area (TPSA) is 73.4 Å². The predicted molar refractivity (Wildman–Crippen MR) is 68.9 cm³/mol. The number of carbonyl (C=O) groups excluding carboxylic acids is 1. The average molecular weight is 276 g/mol. The molecule has 7 heteroatoms. The minimum Gasteiger partial charge on any atom is -0.451 e. The quantitative estimate of drug-likeness (QED) is 0.834. The van der Waals surface area contributed by atoms with Gasteiger partial charge in [0.1, 0.15) is 6.26 Å². The number of rotatable bonds is 3. The van der Waals surface area contributed by atoms with Crippen molar-refractivity contribution in [2.75, 3.05) is 13.2 Å². The number of hydrogen-bond donors (Lipinski definition) is 0. The molecule has 7 nitrogen and oxygen atoms in total. The molecule has 1 atom stereocenters. The minimum absolute atomic E-state index is 0.0722. The normalized spacial score (nSPS) is 18.6. The van der Waals surface area contributed by atoms with Crippen molar-refractivity contribution in [3.63, 3.8) is 0 Å². The van der Waals surface area contributed by atoms with Crippen molar-refractivity contribution < 1.29 is 13.9 Å². The van der Waals surface area contributed by atoms with Crippen LogP contribution in [0.3, 0.4) is 0 Å². The van der Waals surface area contributed by atoms with Crippen LogP contribution in [0, 0.1) is 0 Å². The molecule has 2 aromatic heterocycles. The van der Waals surface area contributed by atoms with E-state index in [0.717, 1.165) is 5.69 Å². The van der Waals surface area contributed by atoms with Crippen LogP contribution in [0.2, 0.25) is 0 Å². The van der Waals surface area contributed by atoms with Gasteiger partial charge in [-0.3, -0.25) is 9.48 Å². The van der Waals surface area contributed by atoms with Crippen LogP contribution in [0.25, 0.3) is 0 Å². The van der Waals surface area contributed by atoms with Gasteiger partial charge in [-0.05, 0) is 13.0 Å². The Morgan fingerprint density at radius 1 is 1.55 bits per heavy atom. The SMILES string of the molecule is CCO[C@H]1CN(C(=O)c2cocn2)Cc2ccnn2C1. The summed E-state index contributed by atoms with van der Waals surface area (Å²) in [5.74, 6) is -0.155. The van der Waals surface area contributed by atoms with Gasteiger partial charge in [0.25, 0.3) is 5.91 Å². The molecule has 106 valence electrons. The molecule has 0 radical (unpaired) electrons.